The Morgan fingerprint density at radius 2 is 1.93 bits per heavy atom. The maximum Gasteiger partial charge on any atom is 0.270 e. The number of morpholine rings is 1. The second kappa shape index (κ2) is 10.5. The van der Waals surface area contributed by atoms with E-state index in [9.17, 15) is 4.79 Å². The minimum absolute atomic E-state index is 0.00489. The lowest BCUT2D eigenvalue weighted by atomic mass is 10.0. The molecule has 0 bridgehead atoms. The highest BCUT2D eigenvalue weighted by Gasteiger charge is 2.24. The largest absolute Gasteiger partial charge is 0.488 e. The molecule has 0 saturated carbocycles. The number of pyridine rings is 1. The molecule has 0 spiro atoms. The van der Waals surface area contributed by atoms with E-state index in [4.69, 9.17) is 20.2 Å². The number of para-hydroxylation sites is 1. The van der Waals surface area contributed by atoms with E-state index in [2.05, 4.69) is 38.3 Å². The summed E-state index contributed by atoms with van der Waals surface area (Å²) in [5.74, 6) is 1.59. The highest BCUT2D eigenvalue weighted by molar-refractivity contribution is 6.05. The van der Waals surface area contributed by atoms with Crippen LogP contribution in [0.2, 0.25) is 0 Å². The number of nitrogens with zero attached hydrogens (tertiary/aromatic N) is 6. The lowest BCUT2D eigenvalue weighted by molar-refractivity contribution is 0.0342. The maximum absolute atomic E-state index is 13.8. The predicted octanol–water partition coefficient (Wildman–Crippen LogP) is 2.90. The molecular formula is C30H32N8O3. The van der Waals surface area contributed by atoms with Crippen molar-refractivity contribution in [1.82, 2.24) is 29.6 Å². The number of hydrogen-bond donors (Lipinski definition) is 2. The van der Waals surface area contributed by atoms with Crippen molar-refractivity contribution in [2.75, 3.05) is 50.5 Å². The average Bonchev–Trinajstić information content (AvgIpc) is 3.40. The Bertz CT molecular complexity index is 1780. The van der Waals surface area contributed by atoms with Gasteiger partial charge in [-0.1, -0.05) is 30.3 Å². The Labute approximate surface area is 236 Å². The Morgan fingerprint density at radius 3 is 2.76 bits per heavy atom. The molecule has 2 aliphatic heterocycles. The van der Waals surface area contributed by atoms with E-state index in [1.807, 2.05) is 42.3 Å². The summed E-state index contributed by atoms with van der Waals surface area (Å²) in [5, 5.41) is 8.02. The minimum Gasteiger partial charge on any atom is -0.488 e. The second-order valence-corrected chi connectivity index (χ2v) is 10.7. The molecule has 210 valence electrons. The number of ether oxygens (including phenoxy) is 2. The zero-order chi connectivity index (χ0) is 27.9. The van der Waals surface area contributed by atoms with Crippen molar-refractivity contribution in [1.29, 1.82) is 0 Å². The van der Waals surface area contributed by atoms with Gasteiger partial charge in [-0.2, -0.15) is 10.1 Å². The fourth-order valence-corrected chi connectivity index (χ4v) is 5.77. The highest BCUT2D eigenvalue weighted by atomic mass is 16.5. The topological polar surface area (TPSA) is 127 Å². The smallest absolute Gasteiger partial charge is 0.270 e. The van der Waals surface area contributed by atoms with E-state index in [-0.39, 0.29) is 17.5 Å². The number of anilines is 2. The number of nitrogens with two attached hydrogens (primary N) is 1. The molecule has 11 heteroatoms. The van der Waals surface area contributed by atoms with Crippen LogP contribution in [0, 0.1) is 0 Å². The summed E-state index contributed by atoms with van der Waals surface area (Å²) < 4.78 is 13.3. The van der Waals surface area contributed by atoms with Crippen LogP contribution in [0.4, 0.5) is 11.8 Å². The van der Waals surface area contributed by atoms with Crippen LogP contribution in [-0.4, -0.2) is 75.6 Å². The summed E-state index contributed by atoms with van der Waals surface area (Å²) in [6.45, 7) is 4.77. The number of aromatic amines is 1. The third-order valence-corrected chi connectivity index (χ3v) is 7.97. The molecule has 41 heavy (non-hydrogen) atoms. The monoisotopic (exact) mass is 552 g/mol. The van der Waals surface area contributed by atoms with Gasteiger partial charge in [-0.05, 0) is 42.2 Å². The number of benzene rings is 2. The van der Waals surface area contributed by atoms with E-state index in [1.54, 1.807) is 10.8 Å². The fraction of sp³-hybridized carbons (Fsp3) is 0.333. The number of aromatic nitrogens is 5. The van der Waals surface area contributed by atoms with Crippen LogP contribution < -0.4 is 20.9 Å². The number of fused-ring (bicyclic) bond motifs is 4. The van der Waals surface area contributed by atoms with Gasteiger partial charge in [-0.25, -0.2) is 4.98 Å². The number of aryl methyl sites for hydroxylation is 1. The maximum atomic E-state index is 13.8. The number of hydrogen-bond acceptors (Lipinski definition) is 9. The number of likely N-dealkylation sites (N-methyl/N-ethyl adjacent to an activating group) is 1. The minimum atomic E-state index is -0.279. The SMILES string of the molecule is CN(C[C@H]1CCc2ccccc2O1)c1ncc2c3[nH]nc(N)c3c(=O)n(-c3ccc(CN4CCOCC4)cc3)c2n1. The van der Waals surface area contributed by atoms with Crippen molar-refractivity contribution in [3.8, 4) is 11.4 Å². The zero-order valence-corrected chi connectivity index (χ0v) is 22.9. The Morgan fingerprint density at radius 1 is 1.12 bits per heavy atom. The van der Waals surface area contributed by atoms with E-state index in [0.717, 1.165) is 51.4 Å². The second-order valence-electron chi connectivity index (χ2n) is 10.7. The molecule has 0 unspecified atom stereocenters. The van der Waals surface area contributed by atoms with E-state index >= 15 is 0 Å². The summed E-state index contributed by atoms with van der Waals surface area (Å²) >= 11 is 0. The van der Waals surface area contributed by atoms with Crippen molar-refractivity contribution >= 4 is 33.7 Å². The van der Waals surface area contributed by atoms with Gasteiger partial charge in [0.1, 0.15) is 17.2 Å². The normalized spacial score (nSPS) is 17.4. The number of rotatable bonds is 6. The van der Waals surface area contributed by atoms with Crippen LogP contribution in [0.3, 0.4) is 0 Å². The molecule has 0 amide bonds. The summed E-state index contributed by atoms with van der Waals surface area (Å²) in [7, 11) is 1.95. The van der Waals surface area contributed by atoms with Gasteiger partial charge in [0.2, 0.25) is 5.95 Å². The van der Waals surface area contributed by atoms with Crippen molar-refractivity contribution in [2.24, 2.45) is 0 Å². The molecule has 11 nitrogen and oxygen atoms in total. The first-order valence-corrected chi connectivity index (χ1v) is 14.0. The zero-order valence-electron chi connectivity index (χ0n) is 22.9. The standard InChI is InChI=1S/C30H32N8O3/c1-36(18-22-11-8-20-4-2-3-5-24(20)41-22)30-32-16-23-26-25(27(31)35-34-26)29(39)38(28(23)33-30)21-9-6-19(7-10-21)17-37-12-14-40-15-13-37/h2-7,9-10,16,22H,8,11-15,17-18H2,1H3,(H3,31,34,35)/t22-/m1/s1. The molecule has 5 aromatic rings. The van der Waals surface area contributed by atoms with Gasteiger partial charge in [0.25, 0.3) is 5.56 Å². The molecule has 0 radical (unpaired) electrons. The Kier molecular flexibility index (Phi) is 6.52. The summed E-state index contributed by atoms with van der Waals surface area (Å²) in [6, 6.07) is 16.2. The summed E-state index contributed by atoms with van der Waals surface area (Å²) in [4.78, 5) is 27.8. The van der Waals surface area contributed by atoms with E-state index < -0.39 is 0 Å². The first-order valence-electron chi connectivity index (χ1n) is 14.0. The van der Waals surface area contributed by atoms with Crippen LogP contribution in [0.15, 0.2) is 59.5 Å². The fourth-order valence-electron chi connectivity index (χ4n) is 5.77. The molecule has 0 aliphatic carbocycles. The molecule has 3 N–H and O–H groups in total. The summed E-state index contributed by atoms with van der Waals surface area (Å²) in [5.41, 5.74) is 9.97. The Hall–Kier alpha value is -4.48. The van der Waals surface area contributed by atoms with Crippen molar-refractivity contribution in [3.63, 3.8) is 0 Å². The number of nitrogen functional groups attached to an aromatic ring is 1. The predicted molar refractivity (Wildman–Crippen MR) is 158 cm³/mol. The van der Waals surface area contributed by atoms with Gasteiger partial charge in [-0.3, -0.25) is 19.4 Å². The van der Waals surface area contributed by atoms with Crippen LogP contribution in [-0.2, 0) is 17.7 Å². The molecule has 1 fully saturated rings. The molecular weight excluding hydrogens is 520 g/mol. The quantitative estimate of drug-likeness (QED) is 0.327. The first-order chi connectivity index (χ1) is 20.0. The molecule has 1 saturated heterocycles. The molecule has 3 aromatic heterocycles. The lowest BCUT2D eigenvalue weighted by Crippen LogP contribution is -2.36. The molecule has 2 aromatic carbocycles. The van der Waals surface area contributed by atoms with Crippen LogP contribution in [0.5, 0.6) is 5.75 Å². The van der Waals surface area contributed by atoms with Crippen LogP contribution in [0.1, 0.15) is 17.5 Å². The molecule has 7 rings (SSSR count). The number of nitrogens with one attached hydrogen (secondary N) is 1. The van der Waals surface area contributed by atoms with Gasteiger partial charge in [0.15, 0.2) is 11.5 Å². The van der Waals surface area contributed by atoms with Crippen molar-refractivity contribution in [2.45, 2.75) is 25.5 Å². The number of H-pyrrole nitrogens is 1. The van der Waals surface area contributed by atoms with Gasteiger partial charge in [-0.15, -0.1) is 0 Å². The van der Waals surface area contributed by atoms with Gasteiger partial charge >= 0.3 is 0 Å². The van der Waals surface area contributed by atoms with Crippen molar-refractivity contribution < 1.29 is 9.47 Å². The third-order valence-electron chi connectivity index (χ3n) is 7.97. The van der Waals surface area contributed by atoms with Crippen LogP contribution in [0.25, 0.3) is 27.6 Å². The summed E-state index contributed by atoms with van der Waals surface area (Å²) in [6.07, 6.45) is 3.61. The third kappa shape index (κ3) is 4.76. The van der Waals surface area contributed by atoms with Crippen LogP contribution >= 0.6 is 0 Å². The van der Waals surface area contributed by atoms with Gasteiger partial charge in [0, 0.05) is 32.9 Å². The average molecular weight is 553 g/mol. The highest BCUT2D eigenvalue weighted by Crippen LogP contribution is 2.29. The van der Waals surface area contributed by atoms with E-state index in [0.29, 0.717) is 40.1 Å². The Balaban J connectivity index is 1.24. The first kappa shape index (κ1) is 25.5. The molecule has 5 heterocycles. The van der Waals surface area contributed by atoms with Gasteiger partial charge < -0.3 is 20.1 Å². The molecule has 2 aliphatic rings. The van der Waals surface area contributed by atoms with Crippen molar-refractivity contribution in [3.05, 3.63) is 76.2 Å². The lowest BCUT2D eigenvalue weighted by Gasteiger charge is -2.29. The van der Waals surface area contributed by atoms with E-state index in [1.165, 1.54) is 11.1 Å². The molecule has 1 atom stereocenters. The van der Waals surface area contributed by atoms with Gasteiger partial charge in [0.05, 0.1) is 36.3 Å².